The van der Waals surface area contributed by atoms with E-state index in [4.69, 9.17) is 5.73 Å². The van der Waals surface area contributed by atoms with Crippen LogP contribution in [0.3, 0.4) is 0 Å². The Hall–Kier alpha value is -1.11. The van der Waals surface area contributed by atoms with Crippen LogP contribution in [0.25, 0.3) is 0 Å². The normalized spacial score (nSPS) is 18.1. The second-order valence-electron chi connectivity index (χ2n) is 5.43. The predicted octanol–water partition coefficient (Wildman–Crippen LogP) is 1.63. The lowest BCUT2D eigenvalue weighted by Gasteiger charge is -2.30. The smallest absolute Gasteiger partial charge is 0.301 e. The average molecular weight is 297 g/mol. The molecule has 0 aliphatic carbocycles. The van der Waals surface area contributed by atoms with Crippen LogP contribution in [0.2, 0.25) is 0 Å². The number of rotatable bonds is 4. The third-order valence-electron chi connectivity index (χ3n) is 4.09. The van der Waals surface area contributed by atoms with Crippen molar-refractivity contribution in [3.63, 3.8) is 0 Å². The molecule has 0 unspecified atom stereocenters. The number of aryl methyl sites for hydroxylation is 1. The van der Waals surface area contributed by atoms with Crippen molar-refractivity contribution in [2.75, 3.05) is 24.4 Å². The van der Waals surface area contributed by atoms with E-state index in [0.717, 1.165) is 24.0 Å². The molecule has 6 heteroatoms. The van der Waals surface area contributed by atoms with Gasteiger partial charge in [0, 0.05) is 13.1 Å². The van der Waals surface area contributed by atoms with Crippen LogP contribution >= 0.6 is 0 Å². The van der Waals surface area contributed by atoms with Crippen LogP contribution in [-0.2, 0) is 10.2 Å². The summed E-state index contributed by atoms with van der Waals surface area (Å²) in [6, 6.07) is 5.63. The van der Waals surface area contributed by atoms with Crippen molar-refractivity contribution in [1.82, 2.24) is 4.31 Å². The highest BCUT2D eigenvalue weighted by molar-refractivity contribution is 7.90. The molecule has 1 aromatic rings. The van der Waals surface area contributed by atoms with Gasteiger partial charge in [0.15, 0.2) is 0 Å². The van der Waals surface area contributed by atoms with E-state index in [2.05, 4.69) is 4.72 Å². The first-order valence-corrected chi connectivity index (χ1v) is 8.42. The lowest BCUT2D eigenvalue weighted by atomic mass is 9.99. The third kappa shape index (κ3) is 3.31. The van der Waals surface area contributed by atoms with E-state index < -0.39 is 10.2 Å². The van der Waals surface area contributed by atoms with Gasteiger partial charge in [-0.3, -0.25) is 4.72 Å². The maximum atomic E-state index is 12.4. The number of nitrogens with zero attached hydrogens (tertiary/aromatic N) is 1. The second kappa shape index (κ2) is 6.11. The summed E-state index contributed by atoms with van der Waals surface area (Å²) in [5.74, 6) is 0.446. The van der Waals surface area contributed by atoms with Crippen molar-refractivity contribution in [3.05, 3.63) is 29.3 Å². The van der Waals surface area contributed by atoms with Gasteiger partial charge in [-0.05, 0) is 56.3 Å². The molecule has 1 aliphatic heterocycles. The highest BCUT2D eigenvalue weighted by Crippen LogP contribution is 2.23. The van der Waals surface area contributed by atoms with E-state index in [9.17, 15) is 8.42 Å². The Morgan fingerprint density at radius 3 is 2.55 bits per heavy atom. The first-order chi connectivity index (χ1) is 9.44. The Morgan fingerprint density at radius 2 is 1.95 bits per heavy atom. The number of anilines is 1. The van der Waals surface area contributed by atoms with Gasteiger partial charge in [0.2, 0.25) is 0 Å². The van der Waals surface area contributed by atoms with Crippen molar-refractivity contribution in [2.24, 2.45) is 11.7 Å². The zero-order valence-electron chi connectivity index (χ0n) is 12.1. The van der Waals surface area contributed by atoms with Crippen molar-refractivity contribution < 1.29 is 8.42 Å². The van der Waals surface area contributed by atoms with Crippen LogP contribution in [0.1, 0.15) is 24.0 Å². The van der Waals surface area contributed by atoms with E-state index >= 15 is 0 Å². The van der Waals surface area contributed by atoms with E-state index in [0.29, 0.717) is 31.2 Å². The summed E-state index contributed by atoms with van der Waals surface area (Å²) in [6.07, 6.45) is 1.68. The maximum Gasteiger partial charge on any atom is 0.301 e. The molecule has 0 atom stereocenters. The Morgan fingerprint density at radius 1 is 1.30 bits per heavy atom. The third-order valence-corrected chi connectivity index (χ3v) is 5.61. The number of benzene rings is 1. The maximum absolute atomic E-state index is 12.4. The fourth-order valence-corrected chi connectivity index (χ4v) is 3.77. The van der Waals surface area contributed by atoms with E-state index in [-0.39, 0.29) is 0 Å². The fourth-order valence-electron chi connectivity index (χ4n) is 2.45. The molecule has 1 aliphatic rings. The zero-order valence-corrected chi connectivity index (χ0v) is 12.9. The predicted molar refractivity (Wildman–Crippen MR) is 81.8 cm³/mol. The molecule has 0 spiro atoms. The molecule has 0 radical (unpaired) electrons. The summed E-state index contributed by atoms with van der Waals surface area (Å²) >= 11 is 0. The van der Waals surface area contributed by atoms with E-state index in [1.165, 1.54) is 4.31 Å². The molecule has 1 saturated heterocycles. The standard InChI is InChI=1S/C14H23N3O2S/c1-11-4-3-5-14(12(11)2)16-20(18,19)17-8-6-13(10-15)7-9-17/h3-5,13,16H,6-10,15H2,1-2H3. The summed E-state index contributed by atoms with van der Waals surface area (Å²) in [5.41, 5.74) is 8.33. The molecule has 1 fully saturated rings. The number of hydrogen-bond donors (Lipinski definition) is 2. The topological polar surface area (TPSA) is 75.4 Å². The summed E-state index contributed by atoms with van der Waals surface area (Å²) in [4.78, 5) is 0. The molecule has 0 amide bonds. The van der Waals surface area contributed by atoms with Gasteiger partial charge in [-0.2, -0.15) is 12.7 Å². The Labute approximate surface area is 121 Å². The van der Waals surface area contributed by atoms with Crippen molar-refractivity contribution >= 4 is 15.9 Å². The SMILES string of the molecule is Cc1cccc(NS(=O)(=O)N2CCC(CN)CC2)c1C. The van der Waals surface area contributed by atoms with Crippen LogP contribution < -0.4 is 10.5 Å². The van der Waals surface area contributed by atoms with Gasteiger partial charge in [0.1, 0.15) is 0 Å². The van der Waals surface area contributed by atoms with Gasteiger partial charge in [0.25, 0.3) is 0 Å². The minimum Gasteiger partial charge on any atom is -0.330 e. The van der Waals surface area contributed by atoms with Gasteiger partial charge < -0.3 is 5.73 Å². The van der Waals surface area contributed by atoms with Crippen LogP contribution in [0.15, 0.2) is 18.2 Å². The molecule has 2 rings (SSSR count). The molecule has 0 saturated carbocycles. The molecule has 20 heavy (non-hydrogen) atoms. The van der Waals surface area contributed by atoms with Crippen molar-refractivity contribution in [1.29, 1.82) is 0 Å². The minimum atomic E-state index is -3.46. The van der Waals surface area contributed by atoms with Crippen LogP contribution in [0.4, 0.5) is 5.69 Å². The van der Waals surface area contributed by atoms with E-state index in [1.54, 1.807) is 6.07 Å². The summed E-state index contributed by atoms with van der Waals surface area (Å²) in [7, 11) is -3.46. The minimum absolute atomic E-state index is 0.446. The highest BCUT2D eigenvalue weighted by atomic mass is 32.2. The lowest BCUT2D eigenvalue weighted by molar-refractivity contribution is 0.280. The molecule has 3 N–H and O–H groups in total. The van der Waals surface area contributed by atoms with E-state index in [1.807, 2.05) is 26.0 Å². The largest absolute Gasteiger partial charge is 0.330 e. The average Bonchev–Trinajstić information content (AvgIpc) is 2.44. The molecule has 0 aromatic heterocycles. The molecule has 1 heterocycles. The van der Waals surface area contributed by atoms with Gasteiger partial charge >= 0.3 is 10.2 Å². The Kier molecular flexibility index (Phi) is 4.67. The zero-order chi connectivity index (χ0) is 14.8. The number of nitrogens with two attached hydrogens (primary N) is 1. The van der Waals surface area contributed by atoms with Crippen LogP contribution in [-0.4, -0.2) is 32.4 Å². The van der Waals surface area contributed by atoms with Gasteiger partial charge in [0.05, 0.1) is 5.69 Å². The van der Waals surface area contributed by atoms with Gasteiger partial charge in [-0.15, -0.1) is 0 Å². The first kappa shape index (κ1) is 15.3. The molecule has 0 bridgehead atoms. The summed E-state index contributed by atoms with van der Waals surface area (Å²) < 4.78 is 29.0. The molecule has 112 valence electrons. The summed E-state index contributed by atoms with van der Waals surface area (Å²) in [6.45, 7) is 5.62. The molecule has 1 aromatic carbocycles. The lowest BCUT2D eigenvalue weighted by Crippen LogP contribution is -2.42. The molecular formula is C14H23N3O2S. The Balaban J connectivity index is 2.10. The van der Waals surface area contributed by atoms with Crippen molar-refractivity contribution in [2.45, 2.75) is 26.7 Å². The van der Waals surface area contributed by atoms with Crippen LogP contribution in [0.5, 0.6) is 0 Å². The van der Waals surface area contributed by atoms with Crippen molar-refractivity contribution in [3.8, 4) is 0 Å². The monoisotopic (exact) mass is 297 g/mol. The summed E-state index contributed by atoms with van der Waals surface area (Å²) in [5, 5.41) is 0. The first-order valence-electron chi connectivity index (χ1n) is 6.98. The Bertz CT molecular complexity index is 564. The molecule has 5 nitrogen and oxygen atoms in total. The highest BCUT2D eigenvalue weighted by Gasteiger charge is 2.27. The number of nitrogens with one attached hydrogen (secondary N) is 1. The number of piperidine rings is 1. The fraction of sp³-hybridized carbons (Fsp3) is 0.571. The quantitative estimate of drug-likeness (QED) is 0.887. The van der Waals surface area contributed by atoms with Crippen LogP contribution in [0, 0.1) is 19.8 Å². The second-order valence-corrected chi connectivity index (χ2v) is 7.10. The van der Waals surface area contributed by atoms with Gasteiger partial charge in [-0.1, -0.05) is 12.1 Å². The number of hydrogen-bond acceptors (Lipinski definition) is 3. The molecular weight excluding hydrogens is 274 g/mol. The van der Waals surface area contributed by atoms with Gasteiger partial charge in [-0.25, -0.2) is 0 Å².